The molecule has 0 heterocycles. The van der Waals surface area contributed by atoms with Crippen LogP contribution in [0.3, 0.4) is 0 Å². The molecular formula is C104H109BrF24N4O13. The minimum Gasteiger partial charge on any atom is -0.444 e. The lowest BCUT2D eigenvalue weighted by Crippen LogP contribution is -2.55. The number of aliphatic hydroxyl groups is 3. The topological polar surface area (TPSA) is 297 Å². The molecule has 17 nitrogen and oxygen atoms in total. The van der Waals surface area contributed by atoms with Crippen molar-refractivity contribution < 1.29 is 164 Å². The average molecular weight is 2160 g/mol. The van der Waals surface area contributed by atoms with Gasteiger partial charge in [-0.05, 0) is 225 Å². The van der Waals surface area contributed by atoms with Crippen molar-refractivity contribution in [3.05, 3.63) is 292 Å². The number of carbonyl (C=O) groups excluding carboxylic acids is 7. The lowest BCUT2D eigenvalue weighted by atomic mass is 9.67. The Hall–Kier alpha value is -11.0. The lowest BCUT2D eigenvalue weighted by Gasteiger charge is -2.38. The first-order chi connectivity index (χ1) is 67.7. The molecular weight excluding hydrogens is 2050 g/mol. The number of amides is 1. The van der Waals surface area contributed by atoms with E-state index in [1.54, 1.807) is 39.0 Å². The molecule has 42 heteroatoms. The Balaban J connectivity index is 0.000000205. The smallest absolute Gasteiger partial charge is 0.417 e. The molecule has 0 bridgehead atoms. The van der Waals surface area contributed by atoms with Gasteiger partial charge in [-0.1, -0.05) is 181 Å². The van der Waals surface area contributed by atoms with Crippen LogP contribution in [0.1, 0.15) is 290 Å². The number of alkyl halides is 24. The van der Waals surface area contributed by atoms with Crippen LogP contribution < -0.4 is 16.8 Å². The van der Waals surface area contributed by atoms with Crippen molar-refractivity contribution in [2.24, 2.45) is 11.5 Å². The number of nitrogens with zero attached hydrogens (tertiary/aromatic N) is 1. The summed E-state index contributed by atoms with van der Waals surface area (Å²) >= 11 is 2.81. The van der Waals surface area contributed by atoms with Crippen LogP contribution in [-0.4, -0.2) is 84.9 Å². The van der Waals surface area contributed by atoms with Gasteiger partial charge in [-0.3, -0.25) is 38.9 Å². The van der Waals surface area contributed by atoms with Crippen LogP contribution in [0.15, 0.2) is 199 Å². The molecule has 798 valence electrons. The van der Waals surface area contributed by atoms with E-state index in [9.17, 15) is 164 Å². The lowest BCUT2D eigenvalue weighted by molar-refractivity contribution is -0.563. The molecule has 0 saturated heterocycles. The van der Waals surface area contributed by atoms with Crippen molar-refractivity contribution in [2.45, 2.75) is 307 Å². The Labute approximate surface area is 833 Å². The van der Waals surface area contributed by atoms with Crippen LogP contribution in [0, 0.1) is 10.1 Å². The number of nitrogens with one attached hydrogen (secondary N) is 1. The van der Waals surface area contributed by atoms with Gasteiger partial charge in [0, 0.05) is 58.9 Å². The van der Waals surface area contributed by atoms with Crippen molar-refractivity contribution in [2.75, 3.05) is 0 Å². The maximum absolute atomic E-state index is 13.5. The maximum Gasteiger partial charge on any atom is 0.417 e. The second-order valence-electron chi connectivity index (χ2n) is 37.4. The van der Waals surface area contributed by atoms with Gasteiger partial charge in [-0.2, -0.15) is 105 Å². The number of rotatable bonds is 9. The highest BCUT2D eigenvalue weighted by molar-refractivity contribution is 9.10. The van der Waals surface area contributed by atoms with Crippen molar-refractivity contribution in [3.8, 4) is 0 Å². The van der Waals surface area contributed by atoms with E-state index in [0.29, 0.717) is 89.9 Å². The highest BCUT2D eigenvalue weighted by Gasteiger charge is 2.58. The summed E-state index contributed by atoms with van der Waals surface area (Å²) in [5.41, 5.74) is -4.64. The average Bonchev–Trinajstić information content (AvgIpc) is 0.744. The molecule has 8 aromatic rings. The van der Waals surface area contributed by atoms with Gasteiger partial charge in [-0.15, -0.1) is 0 Å². The number of halogens is 25. The van der Waals surface area contributed by atoms with Crippen molar-refractivity contribution in [1.29, 1.82) is 0 Å². The molecule has 0 aliphatic heterocycles. The number of nitrogens with two attached hydrogens (primary N) is 2. The third-order valence-corrected chi connectivity index (χ3v) is 27.0. The van der Waals surface area contributed by atoms with Crippen LogP contribution in [0.2, 0.25) is 0 Å². The molecule has 8 N–H and O–H groups in total. The fourth-order valence-corrected chi connectivity index (χ4v) is 19.6. The Morgan fingerprint density at radius 1 is 0.370 bits per heavy atom. The van der Waals surface area contributed by atoms with Gasteiger partial charge in [0.15, 0.2) is 23.1 Å². The van der Waals surface area contributed by atoms with Crippen molar-refractivity contribution in [1.82, 2.24) is 5.32 Å². The molecule has 0 spiro atoms. The predicted octanol–water partition coefficient (Wildman–Crippen LogP) is 27.1. The van der Waals surface area contributed by atoms with Crippen LogP contribution in [-0.2, 0) is 110 Å². The molecule has 7 saturated carbocycles. The standard InChI is InChI=1S/C18H22F3NO3.C14H15F3O2.C13H12F3NO3.C13H14F3NO2.C13H14F3NO.C13H15F3O.C13H13F3O.C7H4BrF3/c1-16(2,3)25-15(24)22-17(11-7-6-10-14(17)23)12-8-4-5-9-13(12)18(19,20)21;1-13(8-4-7-11(18)12(13)19)9-5-2-3-6-10(9)14(15,16)17;14-13(15,16)10-6-2-1-5-9(10)12(17(19)20)8-4-3-7-11(12)18;14-13(15,16)9-5-2-1-4-8(9)12(17)7-3-6-10(18)11(12)19;14-13(15,16)10-6-2-1-5-9(10)12(17)8-4-3-7-11(12)18;2*14-13(15,16)11-7-3-1-5-9(11)10-6-2-4-8-12(10)17;8-6-4-2-1-3-5(6)7(9,10)11/h4-5,8-9H,6-7,10-11H2,1-3H3,(H,22,24);2-3,5-6,11,18H,4,7-8H2,1H3;1-2,5-6H,3-4,7-8H2;1-2,4-5,10,18H,3,6-7,17H2;1-2,5-6H,3-4,7-8,17H2;1,3,5,7,10,12,17H,2,4,6,8H2;1,3,5,7,10H,2,4,6,8H2;1-4H. The molecule has 7 fully saturated rings. The molecule has 1 amide bonds. The van der Waals surface area contributed by atoms with Crippen molar-refractivity contribution >= 4 is 56.7 Å². The van der Waals surface area contributed by atoms with Crippen molar-refractivity contribution in [3.63, 3.8) is 0 Å². The van der Waals surface area contributed by atoms with Crippen LogP contribution in [0.4, 0.5) is 110 Å². The van der Waals surface area contributed by atoms with E-state index in [1.165, 1.54) is 122 Å². The molecule has 7 aliphatic carbocycles. The zero-order valence-corrected chi connectivity index (χ0v) is 80.8. The number of carbonyl (C=O) groups is 7. The maximum atomic E-state index is 13.5. The highest BCUT2D eigenvalue weighted by atomic mass is 79.9. The number of alkyl carbamates (subject to hydrolysis) is 1. The Bertz CT molecular complexity index is 5740. The molecule has 10 atom stereocenters. The van der Waals surface area contributed by atoms with Gasteiger partial charge >= 0.3 is 61.0 Å². The molecule has 15 rings (SSSR count). The van der Waals surface area contributed by atoms with E-state index in [1.807, 2.05) is 0 Å². The number of ether oxygens (including phenoxy) is 1. The molecule has 146 heavy (non-hydrogen) atoms. The second kappa shape index (κ2) is 49.0. The van der Waals surface area contributed by atoms with E-state index in [-0.39, 0.29) is 107 Å². The van der Waals surface area contributed by atoms with Gasteiger partial charge in [-0.25, -0.2) is 4.79 Å². The van der Waals surface area contributed by atoms with Gasteiger partial charge < -0.3 is 36.8 Å². The summed E-state index contributed by atoms with van der Waals surface area (Å²) in [5, 5.41) is 42.9. The summed E-state index contributed by atoms with van der Waals surface area (Å²) in [6, 6.07) is 40.4. The molecule has 10 unspecified atom stereocenters. The summed E-state index contributed by atoms with van der Waals surface area (Å²) < 4.78 is 315. The summed E-state index contributed by atoms with van der Waals surface area (Å²) in [6.07, 6.45) is -28.6. The fourth-order valence-electron chi connectivity index (χ4n) is 19.1. The molecule has 0 aromatic heterocycles. The third-order valence-electron chi connectivity index (χ3n) is 26.3. The van der Waals surface area contributed by atoms with Crippen LogP contribution in [0.5, 0.6) is 0 Å². The number of aliphatic hydroxyl groups excluding tert-OH is 3. The SMILES string of the molecule is CC(C)(C)OC(=O)NC1(c2ccccc2C(F)(F)F)CCCCC1=O.CC1(c2ccccc2C(F)(F)F)CCCC(O)C1=O.FC(F)(F)c1ccccc1Br.NC1(c2ccccc2C(F)(F)F)CCCC(O)C1=O.NC1(c2ccccc2C(F)(F)F)CCCCC1=O.O=C1CCCCC1(c1ccccc1C(F)(F)F)[N+](=O)[O-].O=C1CCCCC1c1ccccc1C(F)(F)F.OC1CCCCC1c1ccccc1C(F)(F)F. The number of nitro groups is 1. The van der Waals surface area contributed by atoms with Gasteiger partial charge in [0.2, 0.25) is 5.78 Å². The van der Waals surface area contributed by atoms with E-state index in [4.69, 9.17) is 16.2 Å². The Morgan fingerprint density at radius 3 is 1.15 bits per heavy atom. The number of benzene rings is 8. The highest BCUT2D eigenvalue weighted by Crippen LogP contribution is 2.51. The normalized spacial score (nSPS) is 23.9. The minimum absolute atomic E-state index is 0.0359. The zero-order chi connectivity index (χ0) is 109. The molecule has 8 aromatic carbocycles. The number of ketones is 6. The van der Waals surface area contributed by atoms with E-state index in [0.717, 1.165) is 86.3 Å². The fraction of sp³-hybridized carbons (Fsp3) is 0.471. The summed E-state index contributed by atoms with van der Waals surface area (Å²) in [4.78, 5) is 95.2. The van der Waals surface area contributed by atoms with E-state index < -0.39 is 191 Å². The van der Waals surface area contributed by atoms with Gasteiger partial charge in [0.05, 0.1) is 56.0 Å². The number of hydrogen-bond donors (Lipinski definition) is 6. The first kappa shape index (κ1) is 120. The Morgan fingerprint density at radius 2 is 0.712 bits per heavy atom. The molecule has 7 aliphatic rings. The monoisotopic (exact) mass is 2160 g/mol. The largest absolute Gasteiger partial charge is 0.444 e. The van der Waals surface area contributed by atoms with E-state index >= 15 is 0 Å². The summed E-state index contributed by atoms with van der Waals surface area (Å²) in [5.74, 6) is -3.74. The first-order valence-electron chi connectivity index (χ1n) is 46.6. The van der Waals surface area contributed by atoms with E-state index in [2.05, 4.69) is 21.2 Å². The summed E-state index contributed by atoms with van der Waals surface area (Å²) in [7, 11) is 0. The first-order valence-corrected chi connectivity index (χ1v) is 47.4. The third kappa shape index (κ3) is 30.2. The summed E-state index contributed by atoms with van der Waals surface area (Å²) in [6.45, 7) is 6.42. The number of hydrogen-bond acceptors (Lipinski definition) is 15. The minimum atomic E-state index is -4.72. The predicted molar refractivity (Wildman–Crippen MR) is 492 cm³/mol. The Kier molecular flexibility index (Phi) is 40.4. The van der Waals surface area contributed by atoms with Gasteiger partial charge in [0.1, 0.15) is 40.2 Å². The van der Waals surface area contributed by atoms with Crippen LogP contribution >= 0.6 is 15.9 Å². The quantitative estimate of drug-likeness (QED) is 0.0445. The zero-order valence-electron chi connectivity index (χ0n) is 79.2. The van der Waals surface area contributed by atoms with Crippen LogP contribution in [0.25, 0.3) is 0 Å². The van der Waals surface area contributed by atoms with Gasteiger partial charge in [0.25, 0.3) is 0 Å². The molecule has 0 radical (unpaired) electrons. The second-order valence-corrected chi connectivity index (χ2v) is 38.3. The number of Topliss-reactive ketones (excluding diaryl/α,β-unsaturated/α-hetero) is 6.